The summed E-state index contributed by atoms with van der Waals surface area (Å²) in [6.45, 7) is 4.54. The number of hydrogen-bond donors (Lipinski definition) is 2. The summed E-state index contributed by atoms with van der Waals surface area (Å²) in [5.41, 5.74) is 1.94. The number of anilines is 1. The Bertz CT molecular complexity index is 576. The molecule has 2 fully saturated rings. The lowest BCUT2D eigenvalue weighted by molar-refractivity contribution is -0.128. The molecule has 5 nitrogen and oxygen atoms in total. The Morgan fingerprint density at radius 3 is 2.71 bits per heavy atom. The summed E-state index contributed by atoms with van der Waals surface area (Å²) < 4.78 is 0. The van der Waals surface area contributed by atoms with Crippen molar-refractivity contribution in [1.82, 2.24) is 10.2 Å². The molecule has 0 spiro atoms. The van der Waals surface area contributed by atoms with E-state index >= 15 is 0 Å². The predicted molar refractivity (Wildman–Crippen MR) is 97.2 cm³/mol. The minimum Gasteiger partial charge on any atom is -0.338 e. The van der Waals surface area contributed by atoms with Crippen molar-refractivity contribution in [3.8, 4) is 0 Å². The van der Waals surface area contributed by atoms with Crippen LogP contribution >= 0.6 is 12.4 Å². The number of piperidine rings is 1. The Kier molecular flexibility index (Phi) is 6.63. The molecule has 2 amide bonds. The molecule has 6 heteroatoms. The Morgan fingerprint density at radius 2 is 2.08 bits per heavy atom. The summed E-state index contributed by atoms with van der Waals surface area (Å²) in [4.78, 5) is 25.9. The van der Waals surface area contributed by atoms with E-state index in [0.717, 1.165) is 43.6 Å². The lowest BCUT2D eigenvalue weighted by Gasteiger charge is -2.27. The molecular formula is C18H26ClN3O2. The van der Waals surface area contributed by atoms with E-state index in [0.29, 0.717) is 19.0 Å². The van der Waals surface area contributed by atoms with Gasteiger partial charge in [0.1, 0.15) is 0 Å². The highest BCUT2D eigenvalue weighted by atomic mass is 35.5. The van der Waals surface area contributed by atoms with Crippen LogP contribution in [0, 0.1) is 5.92 Å². The van der Waals surface area contributed by atoms with Crippen LogP contribution in [0.2, 0.25) is 0 Å². The van der Waals surface area contributed by atoms with Gasteiger partial charge in [0.15, 0.2) is 0 Å². The Labute approximate surface area is 149 Å². The third-order valence-electron chi connectivity index (χ3n) is 4.76. The Balaban J connectivity index is 0.00000208. The summed E-state index contributed by atoms with van der Waals surface area (Å²) in [6, 6.07) is 8.25. The molecule has 0 aliphatic carbocycles. The van der Waals surface area contributed by atoms with Crippen LogP contribution < -0.4 is 10.6 Å². The van der Waals surface area contributed by atoms with E-state index in [-0.39, 0.29) is 30.1 Å². The van der Waals surface area contributed by atoms with Gasteiger partial charge in [-0.05, 0) is 50.4 Å². The van der Waals surface area contributed by atoms with Gasteiger partial charge in [-0.25, -0.2) is 0 Å². The van der Waals surface area contributed by atoms with Crippen molar-refractivity contribution in [2.24, 2.45) is 5.92 Å². The molecule has 2 N–H and O–H groups in total. The topological polar surface area (TPSA) is 61.4 Å². The highest BCUT2D eigenvalue weighted by molar-refractivity contribution is 5.92. The van der Waals surface area contributed by atoms with Crippen molar-refractivity contribution in [1.29, 1.82) is 0 Å². The first kappa shape index (κ1) is 18.7. The van der Waals surface area contributed by atoms with Gasteiger partial charge in [0.25, 0.3) is 0 Å². The van der Waals surface area contributed by atoms with E-state index in [9.17, 15) is 9.59 Å². The van der Waals surface area contributed by atoms with Gasteiger partial charge in [-0.15, -0.1) is 12.4 Å². The smallest absolute Gasteiger partial charge is 0.227 e. The number of carbonyl (C=O) groups excluding carboxylic acids is 2. The predicted octanol–water partition coefficient (Wildman–Crippen LogP) is 2.56. The molecule has 2 saturated heterocycles. The number of halogens is 1. The van der Waals surface area contributed by atoms with Crippen LogP contribution in [0.1, 0.15) is 38.2 Å². The van der Waals surface area contributed by atoms with E-state index in [1.807, 2.05) is 29.2 Å². The maximum atomic E-state index is 12.3. The molecule has 0 saturated carbocycles. The van der Waals surface area contributed by atoms with Crippen LogP contribution in [-0.2, 0) is 16.1 Å². The van der Waals surface area contributed by atoms with Crippen molar-refractivity contribution < 1.29 is 9.59 Å². The fourth-order valence-electron chi connectivity index (χ4n) is 3.40. The Morgan fingerprint density at radius 1 is 1.33 bits per heavy atom. The Hall–Kier alpha value is -1.59. The average molecular weight is 352 g/mol. The van der Waals surface area contributed by atoms with Crippen molar-refractivity contribution in [3.63, 3.8) is 0 Å². The third-order valence-corrected chi connectivity index (χ3v) is 4.76. The van der Waals surface area contributed by atoms with Crippen LogP contribution in [-0.4, -0.2) is 35.8 Å². The fourth-order valence-corrected chi connectivity index (χ4v) is 3.40. The SMILES string of the molecule is C[C@H]1C[C@@H](C(=O)Nc2ccc(CN3CCCC3=O)cc2)CCN1.Cl. The highest BCUT2D eigenvalue weighted by Gasteiger charge is 2.24. The van der Waals surface area contributed by atoms with Crippen LogP contribution in [0.5, 0.6) is 0 Å². The minimum atomic E-state index is 0. The fraction of sp³-hybridized carbons (Fsp3) is 0.556. The largest absolute Gasteiger partial charge is 0.338 e. The normalized spacial score (nSPS) is 23.7. The molecule has 132 valence electrons. The molecule has 0 unspecified atom stereocenters. The van der Waals surface area contributed by atoms with Crippen molar-refractivity contribution in [3.05, 3.63) is 29.8 Å². The first-order valence-corrected chi connectivity index (χ1v) is 8.53. The minimum absolute atomic E-state index is 0. The molecule has 0 radical (unpaired) electrons. The van der Waals surface area contributed by atoms with Crippen molar-refractivity contribution >= 4 is 29.9 Å². The van der Waals surface area contributed by atoms with E-state index in [1.54, 1.807) is 0 Å². The summed E-state index contributed by atoms with van der Waals surface area (Å²) in [5.74, 6) is 0.441. The standard InChI is InChI=1S/C18H25N3O2.ClH/c1-13-11-15(8-9-19-13)18(23)20-16-6-4-14(5-7-16)12-21-10-2-3-17(21)22;/h4-7,13,15,19H,2-3,8-12H2,1H3,(H,20,23);1H/t13-,15-;/m0./s1. The molecular weight excluding hydrogens is 326 g/mol. The lowest BCUT2D eigenvalue weighted by Crippen LogP contribution is -2.40. The van der Waals surface area contributed by atoms with Crippen LogP contribution in [0.4, 0.5) is 5.69 Å². The van der Waals surface area contributed by atoms with Gasteiger partial charge in [0.2, 0.25) is 11.8 Å². The van der Waals surface area contributed by atoms with Gasteiger partial charge in [-0.2, -0.15) is 0 Å². The second kappa shape index (κ2) is 8.49. The summed E-state index contributed by atoms with van der Waals surface area (Å²) >= 11 is 0. The van der Waals surface area contributed by atoms with E-state index in [2.05, 4.69) is 17.6 Å². The number of hydrogen-bond acceptors (Lipinski definition) is 3. The molecule has 1 aromatic rings. The summed E-state index contributed by atoms with van der Waals surface area (Å²) in [7, 11) is 0. The van der Waals surface area contributed by atoms with Gasteiger partial charge in [0, 0.05) is 37.2 Å². The second-order valence-electron chi connectivity index (χ2n) is 6.68. The molecule has 2 aliphatic heterocycles. The molecule has 2 aliphatic rings. The monoisotopic (exact) mass is 351 g/mol. The summed E-state index contributed by atoms with van der Waals surface area (Å²) in [6.07, 6.45) is 3.41. The highest BCUT2D eigenvalue weighted by Crippen LogP contribution is 2.20. The number of nitrogens with one attached hydrogen (secondary N) is 2. The molecule has 2 atom stereocenters. The lowest BCUT2D eigenvalue weighted by atomic mass is 9.92. The van der Waals surface area contributed by atoms with E-state index in [4.69, 9.17) is 0 Å². The van der Waals surface area contributed by atoms with Gasteiger partial charge >= 0.3 is 0 Å². The maximum absolute atomic E-state index is 12.3. The van der Waals surface area contributed by atoms with Gasteiger partial charge in [-0.3, -0.25) is 9.59 Å². The van der Waals surface area contributed by atoms with Gasteiger partial charge in [-0.1, -0.05) is 12.1 Å². The number of nitrogens with zero attached hydrogens (tertiary/aromatic N) is 1. The number of benzene rings is 1. The van der Waals surface area contributed by atoms with Crippen molar-refractivity contribution in [2.45, 2.75) is 45.2 Å². The molecule has 3 rings (SSSR count). The quantitative estimate of drug-likeness (QED) is 0.876. The van der Waals surface area contributed by atoms with Crippen LogP contribution in [0.15, 0.2) is 24.3 Å². The molecule has 24 heavy (non-hydrogen) atoms. The average Bonchev–Trinajstić information content (AvgIpc) is 2.94. The zero-order valence-electron chi connectivity index (χ0n) is 14.1. The zero-order chi connectivity index (χ0) is 16.2. The molecule has 1 aromatic carbocycles. The van der Waals surface area contributed by atoms with Crippen LogP contribution in [0.3, 0.4) is 0 Å². The van der Waals surface area contributed by atoms with Gasteiger partial charge in [0.05, 0.1) is 0 Å². The molecule has 2 heterocycles. The number of rotatable bonds is 4. The molecule has 0 aromatic heterocycles. The van der Waals surface area contributed by atoms with Gasteiger partial charge < -0.3 is 15.5 Å². The molecule has 0 bridgehead atoms. The maximum Gasteiger partial charge on any atom is 0.227 e. The summed E-state index contributed by atoms with van der Waals surface area (Å²) in [5, 5.41) is 6.38. The third kappa shape index (κ3) is 4.71. The number of likely N-dealkylation sites (tertiary alicyclic amines) is 1. The zero-order valence-corrected chi connectivity index (χ0v) is 14.9. The number of amides is 2. The van der Waals surface area contributed by atoms with Crippen molar-refractivity contribution in [2.75, 3.05) is 18.4 Å². The van der Waals surface area contributed by atoms with E-state index in [1.165, 1.54) is 0 Å². The first-order valence-electron chi connectivity index (χ1n) is 8.53. The first-order chi connectivity index (χ1) is 11.1. The number of carbonyl (C=O) groups is 2. The van der Waals surface area contributed by atoms with Crippen LogP contribution in [0.25, 0.3) is 0 Å². The van der Waals surface area contributed by atoms with E-state index < -0.39 is 0 Å². The second-order valence-corrected chi connectivity index (χ2v) is 6.68.